The lowest BCUT2D eigenvalue weighted by atomic mass is 10.5. The standard InChI is InChI=1S/C6H11NO/c1-3-5-7(8)6-4-2/h3-4,7H,1-2,5-6H2. The molecule has 0 amide bonds. The van der Waals surface area contributed by atoms with E-state index in [0.29, 0.717) is 13.1 Å². The highest BCUT2D eigenvalue weighted by Gasteiger charge is 1.84. The molecular weight excluding hydrogens is 102 g/mol. The minimum atomic E-state index is 0.176. The fraction of sp³-hybridized carbons (Fsp3) is 0.333. The lowest BCUT2D eigenvalue weighted by molar-refractivity contribution is -0.834. The Morgan fingerprint density at radius 2 is 1.62 bits per heavy atom. The van der Waals surface area contributed by atoms with E-state index in [1.807, 2.05) is 0 Å². The first kappa shape index (κ1) is 7.40. The summed E-state index contributed by atoms with van der Waals surface area (Å²) in [6.45, 7) is 7.78. The third-order valence-corrected chi connectivity index (χ3v) is 0.744. The van der Waals surface area contributed by atoms with Gasteiger partial charge in [-0.3, -0.25) is 0 Å². The Balaban J connectivity index is 3.16. The van der Waals surface area contributed by atoms with Crippen LogP contribution in [0.5, 0.6) is 0 Å². The molecule has 0 spiro atoms. The molecule has 0 aromatic heterocycles. The quantitative estimate of drug-likeness (QED) is 0.395. The van der Waals surface area contributed by atoms with Gasteiger partial charge >= 0.3 is 0 Å². The van der Waals surface area contributed by atoms with E-state index in [4.69, 9.17) is 0 Å². The third-order valence-electron chi connectivity index (χ3n) is 0.744. The van der Waals surface area contributed by atoms with Crippen LogP contribution < -0.4 is 5.06 Å². The van der Waals surface area contributed by atoms with E-state index >= 15 is 0 Å². The fourth-order valence-electron chi connectivity index (χ4n) is 0.405. The zero-order chi connectivity index (χ0) is 6.41. The molecule has 46 valence electrons. The van der Waals surface area contributed by atoms with Gasteiger partial charge in [0.1, 0.15) is 0 Å². The second-order valence-electron chi connectivity index (χ2n) is 1.52. The van der Waals surface area contributed by atoms with Crippen molar-refractivity contribution in [1.82, 2.24) is 0 Å². The monoisotopic (exact) mass is 113 g/mol. The van der Waals surface area contributed by atoms with Crippen molar-refractivity contribution in [3.63, 3.8) is 0 Å². The molecule has 0 heterocycles. The van der Waals surface area contributed by atoms with Crippen molar-refractivity contribution in [2.24, 2.45) is 0 Å². The molecule has 0 unspecified atom stereocenters. The van der Waals surface area contributed by atoms with Gasteiger partial charge in [-0.05, 0) is 12.2 Å². The Morgan fingerprint density at radius 1 is 1.25 bits per heavy atom. The molecule has 1 N–H and O–H groups in total. The first-order valence-electron chi connectivity index (χ1n) is 2.54. The van der Waals surface area contributed by atoms with Crippen molar-refractivity contribution in [2.75, 3.05) is 13.1 Å². The van der Waals surface area contributed by atoms with Gasteiger partial charge in [-0.15, -0.1) is 0 Å². The zero-order valence-electron chi connectivity index (χ0n) is 4.89. The van der Waals surface area contributed by atoms with Gasteiger partial charge in [-0.1, -0.05) is 13.2 Å². The first-order chi connectivity index (χ1) is 3.81. The number of rotatable bonds is 4. The lowest BCUT2D eigenvalue weighted by Gasteiger charge is -2.17. The highest BCUT2D eigenvalue weighted by atomic mass is 16.5. The Hall–Kier alpha value is -0.600. The van der Waals surface area contributed by atoms with Crippen LogP contribution in [0.15, 0.2) is 25.3 Å². The van der Waals surface area contributed by atoms with Crippen molar-refractivity contribution in [1.29, 1.82) is 0 Å². The molecule has 0 bridgehead atoms. The molecule has 0 rings (SSSR count). The summed E-state index contributed by atoms with van der Waals surface area (Å²) in [4.78, 5) is 0. The molecule has 0 aliphatic rings. The van der Waals surface area contributed by atoms with E-state index in [-0.39, 0.29) is 5.06 Å². The molecule has 2 nitrogen and oxygen atoms in total. The summed E-state index contributed by atoms with van der Waals surface area (Å²) in [6.07, 6.45) is 3.21. The van der Waals surface area contributed by atoms with Crippen molar-refractivity contribution < 1.29 is 5.06 Å². The topological polar surface area (TPSA) is 27.5 Å². The van der Waals surface area contributed by atoms with Gasteiger partial charge < -0.3 is 10.3 Å². The Kier molecular flexibility index (Phi) is 4.21. The van der Waals surface area contributed by atoms with Crippen LogP contribution in [0.4, 0.5) is 0 Å². The van der Waals surface area contributed by atoms with E-state index in [1.54, 1.807) is 12.2 Å². The summed E-state index contributed by atoms with van der Waals surface area (Å²) in [7, 11) is 0. The minimum absolute atomic E-state index is 0.176. The number of hydrogen-bond acceptors (Lipinski definition) is 1. The van der Waals surface area contributed by atoms with Crippen LogP contribution in [0.25, 0.3) is 0 Å². The summed E-state index contributed by atoms with van der Waals surface area (Å²) < 4.78 is 0. The third kappa shape index (κ3) is 3.59. The number of quaternary nitrogens is 1. The van der Waals surface area contributed by atoms with E-state index in [0.717, 1.165) is 0 Å². The summed E-state index contributed by atoms with van der Waals surface area (Å²) >= 11 is 0. The van der Waals surface area contributed by atoms with E-state index in [2.05, 4.69) is 13.2 Å². The molecule has 0 atom stereocenters. The first-order valence-corrected chi connectivity index (χ1v) is 2.54. The van der Waals surface area contributed by atoms with Gasteiger partial charge in [-0.25, -0.2) is 0 Å². The van der Waals surface area contributed by atoms with Crippen LogP contribution in [-0.2, 0) is 0 Å². The van der Waals surface area contributed by atoms with E-state index < -0.39 is 0 Å². The van der Waals surface area contributed by atoms with Gasteiger partial charge in [0.25, 0.3) is 0 Å². The summed E-state index contributed by atoms with van der Waals surface area (Å²) in [6, 6.07) is 0. The van der Waals surface area contributed by atoms with Crippen molar-refractivity contribution >= 4 is 0 Å². The predicted molar refractivity (Wildman–Crippen MR) is 34.5 cm³/mol. The summed E-state index contributed by atoms with van der Waals surface area (Å²) in [5.41, 5.74) is 0. The van der Waals surface area contributed by atoms with Crippen LogP contribution >= 0.6 is 0 Å². The largest absolute Gasteiger partial charge is 0.634 e. The van der Waals surface area contributed by atoms with Gasteiger partial charge in [0.15, 0.2) is 0 Å². The Morgan fingerprint density at radius 3 is 1.88 bits per heavy atom. The molecule has 0 aromatic rings. The predicted octanol–water partition coefficient (Wildman–Crippen LogP) is -0.259. The summed E-state index contributed by atoms with van der Waals surface area (Å²) in [5.74, 6) is 0. The maximum absolute atomic E-state index is 10.5. The highest BCUT2D eigenvalue weighted by molar-refractivity contribution is 4.67. The summed E-state index contributed by atoms with van der Waals surface area (Å²) in [5, 5.41) is 10.7. The molecule has 0 radical (unpaired) electrons. The van der Waals surface area contributed by atoms with E-state index in [1.165, 1.54) is 0 Å². The van der Waals surface area contributed by atoms with Crippen LogP contribution in [0, 0.1) is 5.21 Å². The smallest absolute Gasteiger partial charge is 0.0955 e. The van der Waals surface area contributed by atoms with Crippen LogP contribution in [-0.4, -0.2) is 13.1 Å². The average molecular weight is 113 g/mol. The van der Waals surface area contributed by atoms with E-state index in [9.17, 15) is 5.21 Å². The van der Waals surface area contributed by atoms with Gasteiger partial charge in [-0.2, -0.15) is 0 Å². The van der Waals surface area contributed by atoms with Gasteiger partial charge in [0, 0.05) is 0 Å². The number of nitrogens with one attached hydrogen (secondary N) is 1. The molecule has 0 aliphatic heterocycles. The molecule has 0 aromatic carbocycles. The maximum Gasteiger partial charge on any atom is 0.0955 e. The highest BCUT2D eigenvalue weighted by Crippen LogP contribution is 1.52. The van der Waals surface area contributed by atoms with Crippen LogP contribution in [0.2, 0.25) is 0 Å². The minimum Gasteiger partial charge on any atom is -0.634 e. The van der Waals surface area contributed by atoms with Crippen LogP contribution in [0.1, 0.15) is 0 Å². The SMILES string of the molecule is C=CC[NH+]([O-])CC=C. The van der Waals surface area contributed by atoms with Crippen LogP contribution in [0.3, 0.4) is 0 Å². The Bertz CT molecular complexity index is 70.6. The normalized spacial score (nSPS) is 9.25. The number of hydroxylamine groups is 2. The maximum atomic E-state index is 10.5. The van der Waals surface area contributed by atoms with Gasteiger partial charge in [0.2, 0.25) is 0 Å². The second kappa shape index (κ2) is 4.56. The molecule has 8 heavy (non-hydrogen) atoms. The molecule has 0 aliphatic carbocycles. The Labute approximate surface area is 49.7 Å². The second-order valence-corrected chi connectivity index (χ2v) is 1.52. The van der Waals surface area contributed by atoms with Crippen molar-refractivity contribution in [3.8, 4) is 0 Å². The zero-order valence-corrected chi connectivity index (χ0v) is 4.89. The van der Waals surface area contributed by atoms with Crippen molar-refractivity contribution in [2.45, 2.75) is 0 Å². The molecule has 2 heteroatoms. The van der Waals surface area contributed by atoms with Crippen molar-refractivity contribution in [3.05, 3.63) is 30.5 Å². The lowest BCUT2D eigenvalue weighted by Crippen LogP contribution is -3.06. The number of hydrogen-bond donors (Lipinski definition) is 1. The average Bonchev–Trinajstić information content (AvgIpc) is 1.68. The molecule has 0 saturated heterocycles. The molecular formula is C6H11NO. The van der Waals surface area contributed by atoms with Gasteiger partial charge in [0.05, 0.1) is 13.1 Å². The molecule has 0 fully saturated rings. The molecule has 0 saturated carbocycles. The fourth-order valence-corrected chi connectivity index (χ4v) is 0.405.